The van der Waals surface area contributed by atoms with Crippen LogP contribution in [-0.4, -0.2) is 19.2 Å². The van der Waals surface area contributed by atoms with Crippen LogP contribution in [0.1, 0.15) is 5.56 Å². The Bertz CT molecular complexity index is 668. The highest BCUT2D eigenvalue weighted by molar-refractivity contribution is 9.10. The van der Waals surface area contributed by atoms with Crippen LogP contribution in [0.4, 0.5) is 11.5 Å². The van der Waals surface area contributed by atoms with Crippen LogP contribution in [0.3, 0.4) is 0 Å². The molecule has 0 spiro atoms. The zero-order chi connectivity index (χ0) is 14.5. The van der Waals surface area contributed by atoms with Crippen molar-refractivity contribution in [2.24, 2.45) is 0 Å². The van der Waals surface area contributed by atoms with Crippen molar-refractivity contribution in [2.45, 2.75) is 0 Å². The zero-order valence-corrected chi connectivity index (χ0v) is 12.6. The minimum atomic E-state index is 0.495. The second kappa shape index (κ2) is 6.26. The summed E-state index contributed by atoms with van der Waals surface area (Å²) in [6.07, 6.45) is 1.51. The number of hydrogen-bond acceptors (Lipinski definition) is 5. The quantitative estimate of drug-likeness (QED) is 0.927. The van der Waals surface area contributed by atoms with E-state index in [9.17, 15) is 0 Å². The number of rotatable bonds is 4. The molecule has 2 rings (SSSR count). The predicted molar refractivity (Wildman–Crippen MR) is 79.5 cm³/mol. The van der Waals surface area contributed by atoms with Crippen LogP contribution < -0.4 is 14.8 Å². The lowest BCUT2D eigenvalue weighted by atomic mass is 10.2. The summed E-state index contributed by atoms with van der Waals surface area (Å²) in [5, 5.41) is 12.0. The summed E-state index contributed by atoms with van der Waals surface area (Å²) in [6, 6.07) is 9.21. The first-order valence-corrected chi connectivity index (χ1v) is 6.52. The van der Waals surface area contributed by atoms with E-state index in [0.29, 0.717) is 27.4 Å². The van der Waals surface area contributed by atoms with Gasteiger partial charge in [0.15, 0.2) is 11.5 Å². The molecule has 1 heterocycles. The largest absolute Gasteiger partial charge is 0.493 e. The number of benzene rings is 1. The molecule has 0 aliphatic carbocycles. The highest BCUT2D eigenvalue weighted by Gasteiger charge is 2.07. The van der Waals surface area contributed by atoms with Crippen LogP contribution in [-0.2, 0) is 0 Å². The number of nitrogens with one attached hydrogen (secondary N) is 1. The molecule has 102 valence electrons. The molecule has 0 aliphatic rings. The third-order valence-electron chi connectivity index (χ3n) is 2.62. The lowest BCUT2D eigenvalue weighted by molar-refractivity contribution is 0.355. The van der Waals surface area contributed by atoms with Gasteiger partial charge in [-0.3, -0.25) is 0 Å². The molecule has 0 saturated carbocycles. The molecule has 0 bridgehead atoms. The molecule has 5 nitrogen and oxygen atoms in total. The lowest BCUT2D eigenvalue weighted by Crippen LogP contribution is -1.97. The Hall–Kier alpha value is -2.26. The number of anilines is 2. The summed E-state index contributed by atoms with van der Waals surface area (Å²) >= 11 is 3.38. The minimum absolute atomic E-state index is 0.495. The summed E-state index contributed by atoms with van der Waals surface area (Å²) in [6.45, 7) is 0. The molecule has 0 saturated heterocycles. The molecule has 1 aromatic heterocycles. The summed E-state index contributed by atoms with van der Waals surface area (Å²) in [5.41, 5.74) is 1.30. The average Bonchev–Trinajstić information content (AvgIpc) is 2.49. The van der Waals surface area contributed by atoms with Gasteiger partial charge in [0.05, 0.1) is 24.3 Å². The van der Waals surface area contributed by atoms with Crippen LogP contribution in [0.2, 0.25) is 0 Å². The monoisotopic (exact) mass is 333 g/mol. The number of halogens is 1. The minimum Gasteiger partial charge on any atom is -0.493 e. The van der Waals surface area contributed by atoms with Crippen molar-refractivity contribution < 1.29 is 9.47 Å². The standard InChI is InChI=1S/C14H12BrN3O2/c1-19-12-4-3-10(6-13(12)20-2)18-14-11(15)5-9(7-16)8-17-14/h3-6,8H,1-2H3,(H,17,18). The molecule has 1 N–H and O–H groups in total. The van der Waals surface area contributed by atoms with E-state index in [1.54, 1.807) is 26.4 Å². The van der Waals surface area contributed by atoms with E-state index in [1.165, 1.54) is 6.20 Å². The summed E-state index contributed by atoms with van der Waals surface area (Å²) in [4.78, 5) is 4.19. The lowest BCUT2D eigenvalue weighted by Gasteiger charge is -2.11. The number of aromatic nitrogens is 1. The van der Waals surface area contributed by atoms with Crippen molar-refractivity contribution in [3.8, 4) is 17.6 Å². The van der Waals surface area contributed by atoms with Crippen molar-refractivity contribution >= 4 is 27.4 Å². The van der Waals surface area contributed by atoms with Crippen LogP contribution >= 0.6 is 15.9 Å². The fourth-order valence-electron chi connectivity index (χ4n) is 1.64. The van der Waals surface area contributed by atoms with Gasteiger partial charge in [0, 0.05) is 18.0 Å². The first-order chi connectivity index (χ1) is 9.67. The molecule has 0 atom stereocenters. The molecule has 0 amide bonds. The van der Waals surface area contributed by atoms with Crippen molar-refractivity contribution in [3.63, 3.8) is 0 Å². The number of ether oxygens (including phenoxy) is 2. The smallest absolute Gasteiger partial charge is 0.162 e. The van der Waals surface area contributed by atoms with E-state index >= 15 is 0 Å². The zero-order valence-electron chi connectivity index (χ0n) is 11.0. The Morgan fingerprint density at radius 1 is 1.20 bits per heavy atom. The van der Waals surface area contributed by atoms with Gasteiger partial charge in [0.1, 0.15) is 11.9 Å². The molecule has 1 aromatic carbocycles. The van der Waals surface area contributed by atoms with Crippen molar-refractivity contribution in [1.82, 2.24) is 4.98 Å². The maximum Gasteiger partial charge on any atom is 0.162 e. The van der Waals surface area contributed by atoms with Gasteiger partial charge >= 0.3 is 0 Å². The summed E-state index contributed by atoms with van der Waals surface area (Å²) < 4.78 is 11.1. The number of nitriles is 1. The number of hydrogen-bond donors (Lipinski definition) is 1. The van der Waals surface area contributed by atoms with Gasteiger partial charge in [-0.25, -0.2) is 4.98 Å². The van der Waals surface area contributed by atoms with Gasteiger partial charge in [0.2, 0.25) is 0 Å². The maximum atomic E-state index is 8.81. The molecule has 0 aliphatic heterocycles. The summed E-state index contributed by atoms with van der Waals surface area (Å²) in [7, 11) is 3.17. The molecule has 0 radical (unpaired) electrons. The van der Waals surface area contributed by atoms with Gasteiger partial charge < -0.3 is 14.8 Å². The van der Waals surface area contributed by atoms with Crippen LogP contribution in [0.25, 0.3) is 0 Å². The van der Waals surface area contributed by atoms with Gasteiger partial charge in [-0.2, -0.15) is 5.26 Å². The highest BCUT2D eigenvalue weighted by Crippen LogP contribution is 2.32. The molecule has 6 heteroatoms. The van der Waals surface area contributed by atoms with Gasteiger partial charge in [0.25, 0.3) is 0 Å². The summed E-state index contributed by atoms with van der Waals surface area (Å²) in [5.74, 6) is 1.91. The van der Waals surface area contributed by atoms with E-state index < -0.39 is 0 Å². The Morgan fingerprint density at radius 3 is 2.55 bits per heavy atom. The number of methoxy groups -OCH3 is 2. The fourth-order valence-corrected chi connectivity index (χ4v) is 2.09. The average molecular weight is 334 g/mol. The number of nitrogens with zero attached hydrogens (tertiary/aromatic N) is 2. The Balaban J connectivity index is 2.28. The number of pyridine rings is 1. The maximum absolute atomic E-state index is 8.81. The van der Waals surface area contributed by atoms with E-state index in [1.807, 2.05) is 18.2 Å². The van der Waals surface area contributed by atoms with Crippen LogP contribution in [0, 0.1) is 11.3 Å². The first kappa shape index (κ1) is 14.2. The van der Waals surface area contributed by atoms with Crippen molar-refractivity contribution in [1.29, 1.82) is 5.26 Å². The molecular weight excluding hydrogens is 322 g/mol. The molecule has 2 aromatic rings. The van der Waals surface area contributed by atoms with E-state index in [-0.39, 0.29) is 0 Å². The van der Waals surface area contributed by atoms with Crippen molar-refractivity contribution in [2.75, 3.05) is 19.5 Å². The van der Waals surface area contributed by atoms with E-state index in [4.69, 9.17) is 14.7 Å². The normalized spacial score (nSPS) is 9.70. The highest BCUT2D eigenvalue weighted by atomic mass is 79.9. The van der Waals surface area contributed by atoms with Crippen molar-refractivity contribution in [3.05, 3.63) is 40.5 Å². The van der Waals surface area contributed by atoms with Crippen LogP contribution in [0.15, 0.2) is 34.9 Å². The van der Waals surface area contributed by atoms with E-state index in [0.717, 1.165) is 5.69 Å². The van der Waals surface area contributed by atoms with Gasteiger partial charge in [-0.1, -0.05) is 0 Å². The Morgan fingerprint density at radius 2 is 1.95 bits per heavy atom. The molecular formula is C14H12BrN3O2. The first-order valence-electron chi connectivity index (χ1n) is 5.72. The third-order valence-corrected chi connectivity index (χ3v) is 3.22. The SMILES string of the molecule is COc1ccc(Nc2ncc(C#N)cc2Br)cc1OC. The van der Waals surface area contributed by atoms with Gasteiger partial charge in [-0.15, -0.1) is 0 Å². The third kappa shape index (κ3) is 3.00. The Labute approximate surface area is 125 Å². The Kier molecular flexibility index (Phi) is 4.43. The molecule has 0 fully saturated rings. The predicted octanol–water partition coefficient (Wildman–Crippen LogP) is 3.48. The topological polar surface area (TPSA) is 67.2 Å². The van der Waals surface area contributed by atoms with E-state index in [2.05, 4.69) is 26.2 Å². The second-order valence-electron chi connectivity index (χ2n) is 3.86. The molecule has 20 heavy (non-hydrogen) atoms. The van der Waals surface area contributed by atoms with Gasteiger partial charge in [-0.05, 0) is 34.1 Å². The second-order valence-corrected chi connectivity index (χ2v) is 4.72. The fraction of sp³-hybridized carbons (Fsp3) is 0.143. The molecule has 0 unspecified atom stereocenters. The van der Waals surface area contributed by atoms with Crippen LogP contribution in [0.5, 0.6) is 11.5 Å².